The average Bonchev–Trinajstić information content (AvgIpc) is 3.24. The number of aliphatic hydroxyl groups excluding tert-OH is 1. The first-order chi connectivity index (χ1) is 14.7. The summed E-state index contributed by atoms with van der Waals surface area (Å²) in [5.74, 6) is 0.0196. The third-order valence-electron chi connectivity index (χ3n) is 5.15. The van der Waals surface area contributed by atoms with E-state index >= 15 is 0 Å². The topological polar surface area (TPSA) is 70.8 Å². The Hall–Kier alpha value is -3.32. The molecule has 1 fully saturated rings. The van der Waals surface area contributed by atoms with E-state index in [0.29, 0.717) is 24.7 Å². The minimum absolute atomic E-state index is 0.0615. The van der Waals surface area contributed by atoms with Gasteiger partial charge in [-0.2, -0.15) is 0 Å². The molecule has 1 aromatic carbocycles. The molecule has 0 radical (unpaired) electrons. The smallest absolute Gasteiger partial charge is 0.213 e. The maximum atomic E-state index is 13.0. The van der Waals surface area contributed by atoms with Gasteiger partial charge in [0.25, 0.3) is 0 Å². The Morgan fingerprint density at radius 1 is 1.20 bits per heavy atom. The molecule has 1 atom stereocenters. The summed E-state index contributed by atoms with van der Waals surface area (Å²) in [5, 5.41) is 9.96. The van der Waals surface area contributed by atoms with Gasteiger partial charge in [-0.3, -0.25) is 4.99 Å². The quantitative estimate of drug-likeness (QED) is 0.607. The van der Waals surface area contributed by atoms with Gasteiger partial charge in [0.05, 0.1) is 43.0 Å². The number of hydrogen-bond donors (Lipinski definition) is 1. The fourth-order valence-electron chi connectivity index (χ4n) is 3.72. The molecule has 1 saturated heterocycles. The van der Waals surface area contributed by atoms with Crippen molar-refractivity contribution in [3.05, 3.63) is 71.8 Å². The molecule has 3 aromatic rings. The lowest BCUT2D eigenvalue weighted by molar-refractivity contribution is 0.215. The summed E-state index contributed by atoms with van der Waals surface area (Å²) in [6, 6.07) is 14.7. The molecule has 0 saturated carbocycles. The molecule has 1 aliphatic rings. The van der Waals surface area contributed by atoms with Gasteiger partial charge in [0.2, 0.25) is 5.88 Å². The number of halogens is 1. The van der Waals surface area contributed by atoms with E-state index in [0.717, 1.165) is 41.7 Å². The standard InChI is InChI=1S/C23H23FN4O2/c1-25-12-16-4-2-3-5-19(16)20-7-8-22(21(15-29)27-20)28-11-10-18(14-28)30-23-9-6-17(24)13-26-23/h2-9,13,18,29H,1,10-12,14-15H2/t18-/m0/s1. The van der Waals surface area contributed by atoms with Gasteiger partial charge in [-0.1, -0.05) is 24.3 Å². The number of hydrogen-bond acceptors (Lipinski definition) is 6. The Bertz CT molecular complexity index is 1030. The van der Waals surface area contributed by atoms with Crippen molar-refractivity contribution in [3.63, 3.8) is 0 Å². The van der Waals surface area contributed by atoms with Crippen LogP contribution in [0.4, 0.5) is 10.1 Å². The molecule has 1 aliphatic heterocycles. The molecule has 0 spiro atoms. The van der Waals surface area contributed by atoms with Crippen LogP contribution < -0.4 is 9.64 Å². The van der Waals surface area contributed by atoms with Crippen LogP contribution in [0.5, 0.6) is 5.88 Å². The van der Waals surface area contributed by atoms with Crippen LogP contribution >= 0.6 is 0 Å². The monoisotopic (exact) mass is 406 g/mol. The summed E-state index contributed by atoms with van der Waals surface area (Å²) < 4.78 is 18.9. The van der Waals surface area contributed by atoms with Gasteiger partial charge in [0.15, 0.2) is 0 Å². The Kier molecular flexibility index (Phi) is 5.99. The molecule has 6 nitrogen and oxygen atoms in total. The number of benzene rings is 1. The van der Waals surface area contributed by atoms with Crippen LogP contribution in [0.2, 0.25) is 0 Å². The third-order valence-corrected chi connectivity index (χ3v) is 5.15. The summed E-state index contributed by atoms with van der Waals surface area (Å²) in [7, 11) is 0. The fourth-order valence-corrected chi connectivity index (χ4v) is 3.72. The molecule has 30 heavy (non-hydrogen) atoms. The van der Waals surface area contributed by atoms with Crippen molar-refractivity contribution in [2.75, 3.05) is 18.0 Å². The maximum Gasteiger partial charge on any atom is 0.213 e. The summed E-state index contributed by atoms with van der Waals surface area (Å²) in [6.07, 6.45) is 1.89. The fraction of sp³-hybridized carbons (Fsp3) is 0.261. The summed E-state index contributed by atoms with van der Waals surface area (Å²) in [6.45, 7) is 5.35. The number of aliphatic imine (C=N–C) groups is 1. The lowest BCUT2D eigenvalue weighted by atomic mass is 10.0. The van der Waals surface area contributed by atoms with Crippen LogP contribution in [0.15, 0.2) is 59.7 Å². The highest BCUT2D eigenvalue weighted by atomic mass is 19.1. The van der Waals surface area contributed by atoms with Crippen molar-refractivity contribution in [2.45, 2.75) is 25.7 Å². The van der Waals surface area contributed by atoms with E-state index in [1.54, 1.807) is 0 Å². The van der Waals surface area contributed by atoms with Crippen LogP contribution in [0.1, 0.15) is 17.7 Å². The van der Waals surface area contributed by atoms with Crippen LogP contribution in [0.3, 0.4) is 0 Å². The predicted molar refractivity (Wildman–Crippen MR) is 114 cm³/mol. The lowest BCUT2D eigenvalue weighted by Gasteiger charge is -2.22. The lowest BCUT2D eigenvalue weighted by Crippen LogP contribution is -2.26. The predicted octanol–water partition coefficient (Wildman–Crippen LogP) is 3.63. The second-order valence-corrected chi connectivity index (χ2v) is 7.15. The SMILES string of the molecule is C=NCc1ccccc1-c1ccc(N2CC[C@H](Oc3ccc(F)cn3)C2)c(CO)n1. The van der Waals surface area contributed by atoms with Gasteiger partial charge in [0.1, 0.15) is 11.9 Å². The second kappa shape index (κ2) is 9.00. The van der Waals surface area contributed by atoms with Gasteiger partial charge < -0.3 is 14.7 Å². The van der Waals surface area contributed by atoms with Crippen molar-refractivity contribution in [1.29, 1.82) is 0 Å². The molecule has 7 heteroatoms. The minimum Gasteiger partial charge on any atom is -0.472 e. The normalized spacial score (nSPS) is 15.9. The first-order valence-corrected chi connectivity index (χ1v) is 9.82. The number of rotatable bonds is 7. The van der Waals surface area contributed by atoms with Crippen LogP contribution in [0, 0.1) is 5.82 Å². The molecule has 2 aromatic heterocycles. The molecular weight excluding hydrogens is 383 g/mol. The van der Waals surface area contributed by atoms with Crippen molar-refractivity contribution in [2.24, 2.45) is 4.99 Å². The Morgan fingerprint density at radius 3 is 2.83 bits per heavy atom. The molecule has 4 rings (SSSR count). The van der Waals surface area contributed by atoms with E-state index in [2.05, 4.69) is 21.6 Å². The highest BCUT2D eigenvalue weighted by molar-refractivity contribution is 5.67. The number of nitrogens with zero attached hydrogens (tertiary/aromatic N) is 4. The first-order valence-electron chi connectivity index (χ1n) is 9.82. The first kappa shape index (κ1) is 20.0. The maximum absolute atomic E-state index is 13.0. The highest BCUT2D eigenvalue weighted by Crippen LogP contribution is 2.30. The molecular formula is C23H23FN4O2. The Balaban J connectivity index is 1.52. The highest BCUT2D eigenvalue weighted by Gasteiger charge is 2.26. The van der Waals surface area contributed by atoms with E-state index in [-0.39, 0.29) is 18.5 Å². The number of ether oxygens (including phenoxy) is 1. The van der Waals surface area contributed by atoms with Gasteiger partial charge in [0, 0.05) is 24.6 Å². The zero-order chi connectivity index (χ0) is 20.9. The molecule has 1 N–H and O–H groups in total. The average molecular weight is 406 g/mol. The van der Waals surface area contributed by atoms with Crippen molar-refractivity contribution in [3.8, 4) is 17.1 Å². The van der Waals surface area contributed by atoms with E-state index < -0.39 is 0 Å². The number of anilines is 1. The van der Waals surface area contributed by atoms with Crippen molar-refractivity contribution >= 4 is 12.4 Å². The number of aliphatic hydroxyl groups is 1. The van der Waals surface area contributed by atoms with Gasteiger partial charge >= 0.3 is 0 Å². The number of aromatic nitrogens is 2. The zero-order valence-corrected chi connectivity index (χ0v) is 16.5. The second-order valence-electron chi connectivity index (χ2n) is 7.15. The molecule has 0 aliphatic carbocycles. The van der Waals surface area contributed by atoms with Gasteiger partial charge in [-0.15, -0.1) is 0 Å². The molecule has 3 heterocycles. The Labute approximate surface area is 174 Å². The van der Waals surface area contributed by atoms with E-state index in [4.69, 9.17) is 9.72 Å². The van der Waals surface area contributed by atoms with Crippen LogP contribution in [-0.2, 0) is 13.2 Å². The molecule has 0 amide bonds. The number of pyridine rings is 2. The van der Waals surface area contributed by atoms with Gasteiger partial charge in [-0.25, -0.2) is 14.4 Å². The van der Waals surface area contributed by atoms with E-state index in [1.807, 2.05) is 36.4 Å². The molecule has 154 valence electrons. The molecule has 0 bridgehead atoms. The minimum atomic E-state index is -0.389. The van der Waals surface area contributed by atoms with Crippen LogP contribution in [0.25, 0.3) is 11.3 Å². The largest absolute Gasteiger partial charge is 0.472 e. The van der Waals surface area contributed by atoms with Gasteiger partial charge in [-0.05, 0) is 30.5 Å². The summed E-state index contributed by atoms with van der Waals surface area (Å²) in [4.78, 5) is 14.8. The Morgan fingerprint density at radius 2 is 2.07 bits per heavy atom. The van der Waals surface area contributed by atoms with E-state index in [9.17, 15) is 9.50 Å². The van der Waals surface area contributed by atoms with Crippen molar-refractivity contribution < 1.29 is 14.2 Å². The summed E-state index contributed by atoms with van der Waals surface area (Å²) in [5.41, 5.74) is 4.33. The van der Waals surface area contributed by atoms with Crippen LogP contribution in [-0.4, -0.2) is 41.0 Å². The van der Waals surface area contributed by atoms with Crippen molar-refractivity contribution in [1.82, 2.24) is 9.97 Å². The molecule has 0 unspecified atom stereocenters. The van der Waals surface area contributed by atoms with E-state index in [1.165, 1.54) is 12.1 Å². The zero-order valence-electron chi connectivity index (χ0n) is 16.5. The summed E-state index contributed by atoms with van der Waals surface area (Å²) >= 11 is 0. The third kappa shape index (κ3) is 4.31.